The number of carbonyl (C=O) groups is 1. The minimum Gasteiger partial charge on any atom is -0.310 e. The molecular weight excluding hydrogens is 302 g/mol. The lowest BCUT2D eigenvalue weighted by Crippen LogP contribution is -2.30. The summed E-state index contributed by atoms with van der Waals surface area (Å²) in [6.07, 6.45) is 2.68. The maximum atomic E-state index is 12.4. The molecule has 1 aliphatic heterocycles. The Morgan fingerprint density at radius 2 is 1.95 bits per heavy atom. The molecule has 0 fully saturated rings. The monoisotopic (exact) mass is 317 g/mol. The molecular formula is C15H15N3O3S. The summed E-state index contributed by atoms with van der Waals surface area (Å²) >= 11 is 0. The first-order valence-electron chi connectivity index (χ1n) is 6.81. The van der Waals surface area contributed by atoms with Gasteiger partial charge in [0.25, 0.3) is 0 Å². The second-order valence-corrected chi connectivity index (χ2v) is 6.69. The van der Waals surface area contributed by atoms with Crippen LogP contribution in [-0.4, -0.2) is 25.9 Å². The van der Waals surface area contributed by atoms with Gasteiger partial charge in [-0.2, -0.15) is 0 Å². The number of anilines is 1. The number of aromatic nitrogens is 1. The highest BCUT2D eigenvalue weighted by Crippen LogP contribution is 2.26. The lowest BCUT2D eigenvalue weighted by molar-refractivity contribution is -0.117. The second-order valence-electron chi connectivity index (χ2n) is 5.13. The van der Waals surface area contributed by atoms with Gasteiger partial charge in [-0.05, 0) is 29.8 Å². The third kappa shape index (κ3) is 2.86. The van der Waals surface area contributed by atoms with E-state index in [2.05, 4.69) is 4.98 Å². The first-order valence-corrected chi connectivity index (χ1v) is 8.36. The van der Waals surface area contributed by atoms with E-state index in [0.29, 0.717) is 6.54 Å². The van der Waals surface area contributed by atoms with Gasteiger partial charge < -0.3 is 4.90 Å². The van der Waals surface area contributed by atoms with Crippen LogP contribution in [0.1, 0.15) is 11.3 Å². The highest BCUT2D eigenvalue weighted by molar-refractivity contribution is 7.89. The predicted octanol–water partition coefficient (Wildman–Crippen LogP) is 0.861. The van der Waals surface area contributed by atoms with Crippen molar-refractivity contribution < 1.29 is 13.2 Å². The van der Waals surface area contributed by atoms with Crippen molar-refractivity contribution in [3.05, 3.63) is 53.9 Å². The Hall–Kier alpha value is -2.25. The van der Waals surface area contributed by atoms with Crippen molar-refractivity contribution >= 4 is 21.6 Å². The molecule has 0 saturated heterocycles. The number of carbonyl (C=O) groups excluding carboxylic acids is 1. The summed E-state index contributed by atoms with van der Waals surface area (Å²) in [4.78, 5) is 18.4. The first kappa shape index (κ1) is 14.7. The van der Waals surface area contributed by atoms with Crippen molar-refractivity contribution in [1.82, 2.24) is 4.98 Å². The number of pyridine rings is 1. The zero-order valence-electron chi connectivity index (χ0n) is 11.8. The fourth-order valence-corrected chi connectivity index (χ4v) is 3.05. The number of nitrogens with zero attached hydrogens (tertiary/aromatic N) is 2. The van der Waals surface area contributed by atoms with Gasteiger partial charge in [-0.15, -0.1) is 0 Å². The van der Waals surface area contributed by atoms with Gasteiger partial charge in [0.2, 0.25) is 15.9 Å². The van der Waals surface area contributed by atoms with Gasteiger partial charge in [0, 0.05) is 19.2 Å². The first-order chi connectivity index (χ1) is 10.4. The second kappa shape index (κ2) is 5.51. The predicted molar refractivity (Wildman–Crippen MR) is 81.8 cm³/mol. The number of benzene rings is 1. The van der Waals surface area contributed by atoms with Crippen LogP contribution in [0.5, 0.6) is 0 Å². The van der Waals surface area contributed by atoms with Crippen LogP contribution in [0.3, 0.4) is 0 Å². The molecule has 0 unspecified atom stereocenters. The number of hydrogen-bond acceptors (Lipinski definition) is 4. The Morgan fingerprint density at radius 3 is 2.64 bits per heavy atom. The molecule has 0 aliphatic carbocycles. The maximum Gasteiger partial charge on any atom is 0.238 e. The number of hydrogen-bond donors (Lipinski definition) is 1. The van der Waals surface area contributed by atoms with E-state index in [9.17, 15) is 13.2 Å². The molecule has 2 aromatic rings. The van der Waals surface area contributed by atoms with Crippen molar-refractivity contribution in [3.63, 3.8) is 0 Å². The number of rotatable bonds is 3. The Kier molecular flexibility index (Phi) is 3.67. The topological polar surface area (TPSA) is 93.4 Å². The fourth-order valence-electron chi connectivity index (χ4n) is 2.53. The van der Waals surface area contributed by atoms with E-state index in [1.54, 1.807) is 23.2 Å². The number of amides is 1. The van der Waals surface area contributed by atoms with Gasteiger partial charge in [0.1, 0.15) is 0 Å². The zero-order chi connectivity index (χ0) is 15.7. The van der Waals surface area contributed by atoms with Crippen LogP contribution in [0.4, 0.5) is 5.69 Å². The van der Waals surface area contributed by atoms with Crippen molar-refractivity contribution in [2.24, 2.45) is 5.14 Å². The number of primary sulfonamides is 1. The minimum absolute atomic E-state index is 0.0323. The van der Waals surface area contributed by atoms with Crippen LogP contribution in [-0.2, 0) is 27.7 Å². The van der Waals surface area contributed by atoms with Crippen molar-refractivity contribution in [3.8, 4) is 0 Å². The number of fused-ring (bicyclic) bond motifs is 1. The van der Waals surface area contributed by atoms with Crippen LogP contribution in [0.2, 0.25) is 0 Å². The van der Waals surface area contributed by atoms with Crippen LogP contribution in [0, 0.1) is 0 Å². The van der Waals surface area contributed by atoms with Gasteiger partial charge in [0.05, 0.1) is 22.7 Å². The average molecular weight is 317 g/mol. The third-order valence-electron chi connectivity index (χ3n) is 3.64. The van der Waals surface area contributed by atoms with Gasteiger partial charge in [-0.3, -0.25) is 9.78 Å². The summed E-state index contributed by atoms with van der Waals surface area (Å²) in [7, 11) is -3.71. The summed E-state index contributed by atoms with van der Waals surface area (Å²) in [6.45, 7) is 0.625. The molecule has 2 N–H and O–H groups in total. The SMILES string of the molecule is NS(=O)(=O)c1ccc(CC(=O)N2CCc3ncccc32)cc1. The van der Waals surface area contributed by atoms with Gasteiger partial charge in [0.15, 0.2) is 0 Å². The molecule has 0 saturated carbocycles. The molecule has 0 bridgehead atoms. The normalized spacial score (nSPS) is 14.0. The van der Waals surface area contributed by atoms with Crippen molar-refractivity contribution in [2.75, 3.05) is 11.4 Å². The van der Waals surface area contributed by atoms with Crippen LogP contribution in [0.25, 0.3) is 0 Å². The quantitative estimate of drug-likeness (QED) is 0.908. The molecule has 1 amide bonds. The molecule has 1 aromatic carbocycles. The highest BCUT2D eigenvalue weighted by Gasteiger charge is 2.25. The molecule has 3 rings (SSSR count). The summed E-state index contributed by atoms with van der Waals surface area (Å²) < 4.78 is 22.4. The Labute approximate surface area is 128 Å². The molecule has 22 heavy (non-hydrogen) atoms. The lowest BCUT2D eigenvalue weighted by atomic mass is 10.1. The van der Waals surface area contributed by atoms with Crippen LogP contribution >= 0.6 is 0 Å². The van der Waals surface area contributed by atoms with Gasteiger partial charge >= 0.3 is 0 Å². The Morgan fingerprint density at radius 1 is 1.23 bits per heavy atom. The van der Waals surface area contributed by atoms with E-state index in [0.717, 1.165) is 23.4 Å². The Balaban J connectivity index is 1.76. The third-order valence-corrected chi connectivity index (χ3v) is 4.57. The van der Waals surface area contributed by atoms with Gasteiger partial charge in [-0.25, -0.2) is 13.6 Å². The van der Waals surface area contributed by atoms with Crippen molar-refractivity contribution in [1.29, 1.82) is 0 Å². The van der Waals surface area contributed by atoms with E-state index < -0.39 is 10.0 Å². The lowest BCUT2D eigenvalue weighted by Gasteiger charge is -2.17. The standard InChI is InChI=1S/C15H15N3O3S/c16-22(20,21)12-5-3-11(4-6-12)10-15(19)18-9-7-13-14(18)2-1-8-17-13/h1-6,8H,7,9-10H2,(H2,16,20,21). The molecule has 0 radical (unpaired) electrons. The minimum atomic E-state index is -3.71. The smallest absolute Gasteiger partial charge is 0.238 e. The molecule has 7 heteroatoms. The van der Waals surface area contributed by atoms with Crippen molar-refractivity contribution in [2.45, 2.75) is 17.7 Å². The van der Waals surface area contributed by atoms with Crippen LogP contribution in [0.15, 0.2) is 47.5 Å². The molecule has 1 aromatic heterocycles. The number of sulfonamides is 1. The molecule has 6 nitrogen and oxygen atoms in total. The fraction of sp³-hybridized carbons (Fsp3) is 0.200. The summed E-state index contributed by atoms with van der Waals surface area (Å²) in [5, 5.41) is 5.05. The highest BCUT2D eigenvalue weighted by atomic mass is 32.2. The maximum absolute atomic E-state index is 12.4. The number of nitrogens with two attached hydrogens (primary N) is 1. The van der Waals surface area contributed by atoms with E-state index in [1.165, 1.54) is 12.1 Å². The summed E-state index contributed by atoms with van der Waals surface area (Å²) in [5.74, 6) is -0.0323. The summed E-state index contributed by atoms with van der Waals surface area (Å²) in [6, 6.07) is 9.74. The van der Waals surface area contributed by atoms with E-state index in [4.69, 9.17) is 5.14 Å². The molecule has 114 valence electrons. The van der Waals surface area contributed by atoms with E-state index in [-0.39, 0.29) is 17.2 Å². The van der Waals surface area contributed by atoms with E-state index in [1.807, 2.05) is 12.1 Å². The van der Waals surface area contributed by atoms with E-state index >= 15 is 0 Å². The average Bonchev–Trinajstić information content (AvgIpc) is 2.91. The molecule has 0 spiro atoms. The largest absolute Gasteiger partial charge is 0.310 e. The zero-order valence-corrected chi connectivity index (χ0v) is 12.6. The molecule has 1 aliphatic rings. The van der Waals surface area contributed by atoms with Crippen LogP contribution < -0.4 is 10.0 Å². The molecule has 0 atom stereocenters. The molecule has 2 heterocycles. The summed E-state index contributed by atoms with van der Waals surface area (Å²) in [5.41, 5.74) is 2.53. The van der Waals surface area contributed by atoms with Gasteiger partial charge in [-0.1, -0.05) is 12.1 Å². The Bertz CT molecular complexity index is 816.